The Morgan fingerprint density at radius 2 is 1.86 bits per heavy atom. The van der Waals surface area contributed by atoms with Crippen LogP contribution in [0.4, 0.5) is 14.5 Å². The number of aromatic nitrogens is 5. The Labute approximate surface area is 168 Å². The minimum atomic E-state index is -0.589. The van der Waals surface area contributed by atoms with E-state index in [4.69, 9.17) is 0 Å². The molecule has 0 fully saturated rings. The van der Waals surface area contributed by atoms with Gasteiger partial charge in [-0.2, -0.15) is 4.68 Å². The molecule has 0 atom stereocenters. The fraction of sp³-hybridized carbons (Fsp3) is 0.105. The first-order valence-corrected chi connectivity index (χ1v) is 9.33. The van der Waals surface area contributed by atoms with Gasteiger partial charge in [0.15, 0.2) is 5.82 Å². The summed E-state index contributed by atoms with van der Waals surface area (Å²) in [6.45, 7) is 3.40. The minimum absolute atomic E-state index is 0.00136. The summed E-state index contributed by atoms with van der Waals surface area (Å²) in [7, 11) is 0. The zero-order valence-corrected chi connectivity index (χ0v) is 16.2. The summed E-state index contributed by atoms with van der Waals surface area (Å²) in [5, 5.41) is 14.3. The lowest BCUT2D eigenvalue weighted by Gasteiger charge is -2.08. The maximum Gasteiger partial charge on any atom is 0.267 e. The van der Waals surface area contributed by atoms with Crippen LogP contribution < -0.4 is 5.32 Å². The third kappa shape index (κ3) is 3.74. The number of carbonyl (C=O) groups is 1. The Bertz CT molecular complexity index is 1200. The molecule has 2 aromatic heterocycles. The molecule has 29 heavy (non-hydrogen) atoms. The van der Waals surface area contributed by atoms with Gasteiger partial charge in [-0.1, -0.05) is 0 Å². The summed E-state index contributed by atoms with van der Waals surface area (Å²) in [6, 6.07) is 10.0. The van der Waals surface area contributed by atoms with E-state index in [0.29, 0.717) is 32.7 Å². The highest BCUT2D eigenvalue weighted by Gasteiger charge is 2.18. The Hall–Kier alpha value is -3.53. The number of benzene rings is 2. The van der Waals surface area contributed by atoms with Gasteiger partial charge in [-0.15, -0.1) is 16.4 Å². The van der Waals surface area contributed by atoms with E-state index in [0.717, 1.165) is 11.3 Å². The molecule has 1 amide bonds. The molecule has 10 heteroatoms. The average molecular weight is 412 g/mol. The summed E-state index contributed by atoms with van der Waals surface area (Å²) in [5.74, 6) is -0.907. The quantitative estimate of drug-likeness (QED) is 0.549. The Kier molecular flexibility index (Phi) is 4.85. The van der Waals surface area contributed by atoms with Crippen molar-refractivity contribution in [3.8, 4) is 16.3 Å². The largest absolute Gasteiger partial charge is 0.319 e. The zero-order valence-electron chi connectivity index (χ0n) is 15.3. The van der Waals surface area contributed by atoms with E-state index in [9.17, 15) is 13.6 Å². The van der Waals surface area contributed by atoms with Crippen LogP contribution in [0.5, 0.6) is 0 Å². The van der Waals surface area contributed by atoms with E-state index in [-0.39, 0.29) is 11.5 Å². The maximum atomic E-state index is 14.3. The van der Waals surface area contributed by atoms with Gasteiger partial charge in [-0.3, -0.25) is 4.79 Å². The first-order chi connectivity index (χ1) is 13.9. The second-order valence-corrected chi connectivity index (χ2v) is 7.20. The predicted octanol–water partition coefficient (Wildman–Crippen LogP) is 3.93. The number of hydrogen-bond acceptors (Lipinski definition) is 6. The smallest absolute Gasteiger partial charge is 0.267 e. The summed E-state index contributed by atoms with van der Waals surface area (Å²) in [6.07, 6.45) is 0. The molecule has 0 spiro atoms. The van der Waals surface area contributed by atoms with E-state index >= 15 is 0 Å². The van der Waals surface area contributed by atoms with Gasteiger partial charge in [-0.05, 0) is 66.7 Å². The van der Waals surface area contributed by atoms with Crippen LogP contribution in [0.2, 0.25) is 0 Å². The molecule has 2 aromatic carbocycles. The number of anilines is 1. The SMILES string of the molecule is Cc1nc(-c2ccc(F)cc2)sc1C(=O)Nc1cc(-n2nnnc2C)ccc1F. The fourth-order valence-corrected chi connectivity index (χ4v) is 3.68. The van der Waals surface area contributed by atoms with Gasteiger partial charge in [-0.25, -0.2) is 13.8 Å². The number of tetrazole rings is 1. The highest BCUT2D eigenvalue weighted by atomic mass is 32.1. The topological polar surface area (TPSA) is 85.6 Å². The Morgan fingerprint density at radius 1 is 1.10 bits per heavy atom. The third-order valence-electron chi connectivity index (χ3n) is 4.16. The second kappa shape index (κ2) is 7.47. The summed E-state index contributed by atoms with van der Waals surface area (Å²) in [4.78, 5) is 17.5. The Morgan fingerprint density at radius 3 is 2.55 bits per heavy atom. The Balaban J connectivity index is 1.62. The number of carbonyl (C=O) groups excluding carboxylic acids is 1. The molecular weight excluding hydrogens is 398 g/mol. The van der Waals surface area contributed by atoms with Crippen molar-refractivity contribution >= 4 is 22.9 Å². The van der Waals surface area contributed by atoms with E-state index in [1.165, 1.54) is 35.0 Å². The summed E-state index contributed by atoms with van der Waals surface area (Å²) in [5.41, 5.74) is 1.70. The zero-order chi connectivity index (χ0) is 20.5. The number of nitrogens with zero attached hydrogens (tertiary/aromatic N) is 5. The molecule has 0 aliphatic rings. The number of aryl methyl sites for hydroxylation is 2. The van der Waals surface area contributed by atoms with Crippen molar-refractivity contribution in [2.75, 3.05) is 5.32 Å². The van der Waals surface area contributed by atoms with Crippen LogP contribution in [0.3, 0.4) is 0 Å². The van der Waals surface area contributed by atoms with Gasteiger partial charge in [0.2, 0.25) is 0 Å². The molecule has 4 aromatic rings. The van der Waals surface area contributed by atoms with Crippen LogP contribution in [0, 0.1) is 25.5 Å². The van der Waals surface area contributed by atoms with Gasteiger partial charge in [0.25, 0.3) is 5.91 Å². The molecule has 0 saturated carbocycles. The van der Waals surface area contributed by atoms with Crippen molar-refractivity contribution in [2.24, 2.45) is 0 Å². The molecule has 0 bridgehead atoms. The monoisotopic (exact) mass is 412 g/mol. The normalized spacial score (nSPS) is 10.9. The molecule has 2 heterocycles. The summed E-state index contributed by atoms with van der Waals surface area (Å²) >= 11 is 1.15. The molecule has 0 unspecified atom stereocenters. The average Bonchev–Trinajstić information content (AvgIpc) is 3.30. The standard InChI is InChI=1S/C19H14F2N6OS/c1-10-17(29-19(22-10)12-3-5-13(20)6-4-12)18(28)23-16-9-14(7-8-15(16)21)27-11(2)24-25-26-27/h3-9H,1-2H3,(H,23,28). The van der Waals surface area contributed by atoms with Gasteiger partial charge < -0.3 is 5.32 Å². The van der Waals surface area contributed by atoms with Crippen LogP contribution in [0.1, 0.15) is 21.2 Å². The lowest BCUT2D eigenvalue weighted by Crippen LogP contribution is -2.13. The third-order valence-corrected chi connectivity index (χ3v) is 5.37. The number of halogens is 2. The minimum Gasteiger partial charge on any atom is -0.319 e. The maximum absolute atomic E-state index is 14.3. The van der Waals surface area contributed by atoms with Crippen LogP contribution in [-0.4, -0.2) is 31.1 Å². The number of thiazole rings is 1. The molecule has 1 N–H and O–H groups in total. The summed E-state index contributed by atoms with van der Waals surface area (Å²) < 4.78 is 28.8. The van der Waals surface area contributed by atoms with Crippen LogP contribution in [-0.2, 0) is 0 Å². The van der Waals surface area contributed by atoms with Crippen molar-refractivity contribution in [3.05, 3.63) is 70.5 Å². The first kappa shape index (κ1) is 18.8. The number of nitrogens with one attached hydrogen (secondary N) is 1. The molecule has 0 radical (unpaired) electrons. The lowest BCUT2D eigenvalue weighted by molar-refractivity contribution is 0.102. The van der Waals surface area contributed by atoms with E-state index < -0.39 is 11.7 Å². The van der Waals surface area contributed by atoms with Crippen LogP contribution in [0.15, 0.2) is 42.5 Å². The molecular formula is C19H14F2N6OS. The highest BCUT2D eigenvalue weighted by Crippen LogP contribution is 2.29. The predicted molar refractivity (Wildman–Crippen MR) is 104 cm³/mol. The van der Waals surface area contributed by atoms with Crippen LogP contribution >= 0.6 is 11.3 Å². The van der Waals surface area contributed by atoms with Gasteiger partial charge >= 0.3 is 0 Å². The molecule has 7 nitrogen and oxygen atoms in total. The molecule has 0 aliphatic carbocycles. The lowest BCUT2D eigenvalue weighted by atomic mass is 10.2. The highest BCUT2D eigenvalue weighted by molar-refractivity contribution is 7.17. The van der Waals surface area contributed by atoms with Crippen LogP contribution in [0.25, 0.3) is 16.3 Å². The van der Waals surface area contributed by atoms with Crippen molar-refractivity contribution < 1.29 is 13.6 Å². The number of hydrogen-bond donors (Lipinski definition) is 1. The van der Waals surface area contributed by atoms with E-state index in [1.54, 1.807) is 26.0 Å². The van der Waals surface area contributed by atoms with Crippen molar-refractivity contribution in [2.45, 2.75) is 13.8 Å². The number of amides is 1. The molecule has 4 rings (SSSR count). The van der Waals surface area contributed by atoms with E-state index in [1.807, 2.05) is 0 Å². The van der Waals surface area contributed by atoms with Gasteiger partial charge in [0.05, 0.1) is 17.1 Å². The van der Waals surface area contributed by atoms with Crippen molar-refractivity contribution in [1.82, 2.24) is 25.2 Å². The number of rotatable bonds is 4. The van der Waals surface area contributed by atoms with Crippen molar-refractivity contribution in [1.29, 1.82) is 0 Å². The van der Waals surface area contributed by atoms with Crippen molar-refractivity contribution in [3.63, 3.8) is 0 Å². The fourth-order valence-electron chi connectivity index (χ4n) is 2.71. The second-order valence-electron chi connectivity index (χ2n) is 6.20. The molecule has 0 aliphatic heterocycles. The molecule has 146 valence electrons. The van der Waals surface area contributed by atoms with Gasteiger partial charge in [0, 0.05) is 5.56 Å². The van der Waals surface area contributed by atoms with Gasteiger partial charge in [0.1, 0.15) is 21.5 Å². The first-order valence-electron chi connectivity index (χ1n) is 8.52. The van der Waals surface area contributed by atoms with E-state index in [2.05, 4.69) is 25.8 Å². The molecule has 0 saturated heterocycles.